The van der Waals surface area contributed by atoms with Crippen LogP contribution in [-0.2, 0) is 20.7 Å². The summed E-state index contributed by atoms with van der Waals surface area (Å²) in [7, 11) is 1.50. The van der Waals surface area contributed by atoms with Gasteiger partial charge in [0, 0.05) is 19.0 Å². The van der Waals surface area contributed by atoms with Gasteiger partial charge in [0.1, 0.15) is 0 Å². The summed E-state index contributed by atoms with van der Waals surface area (Å²) in [6.45, 7) is 3.63. The fourth-order valence-electron chi connectivity index (χ4n) is 1.56. The van der Waals surface area contributed by atoms with Crippen LogP contribution in [0.1, 0.15) is 19.5 Å². The van der Waals surface area contributed by atoms with Crippen molar-refractivity contribution in [3.8, 4) is 0 Å². The monoisotopic (exact) mass is 329 g/mol. The van der Waals surface area contributed by atoms with Gasteiger partial charge in [0.2, 0.25) is 0 Å². The van der Waals surface area contributed by atoms with Crippen molar-refractivity contribution in [3.05, 3.63) is 11.1 Å². The van der Waals surface area contributed by atoms with Crippen LogP contribution in [0.4, 0.5) is 9.93 Å². The van der Waals surface area contributed by atoms with Crippen molar-refractivity contribution in [2.45, 2.75) is 20.3 Å². The van der Waals surface area contributed by atoms with Gasteiger partial charge in [-0.15, -0.1) is 11.3 Å². The van der Waals surface area contributed by atoms with Gasteiger partial charge >= 0.3 is 18.0 Å². The van der Waals surface area contributed by atoms with Crippen LogP contribution in [0.25, 0.3) is 0 Å². The van der Waals surface area contributed by atoms with Crippen molar-refractivity contribution in [1.29, 1.82) is 0 Å². The summed E-state index contributed by atoms with van der Waals surface area (Å²) < 4.78 is 4.82. The molecule has 1 unspecified atom stereocenters. The highest BCUT2D eigenvalue weighted by Gasteiger charge is 2.18. The van der Waals surface area contributed by atoms with E-state index in [1.54, 1.807) is 12.3 Å². The van der Waals surface area contributed by atoms with E-state index in [1.807, 2.05) is 0 Å². The third kappa shape index (κ3) is 5.68. The Hall–Kier alpha value is -2.16. The topological polar surface area (TPSA) is 109 Å². The highest BCUT2D eigenvalue weighted by atomic mass is 32.1. The third-order valence-electron chi connectivity index (χ3n) is 2.71. The quantitative estimate of drug-likeness (QED) is 0.733. The Balaban J connectivity index is 2.53. The summed E-state index contributed by atoms with van der Waals surface area (Å²) >= 11 is 1.19. The second-order valence-electron chi connectivity index (χ2n) is 4.68. The van der Waals surface area contributed by atoms with E-state index < -0.39 is 17.9 Å². The second kappa shape index (κ2) is 8.32. The van der Waals surface area contributed by atoms with Crippen LogP contribution in [-0.4, -0.2) is 53.2 Å². The van der Waals surface area contributed by atoms with Gasteiger partial charge in [-0.3, -0.25) is 14.9 Å². The van der Waals surface area contributed by atoms with E-state index in [2.05, 4.69) is 10.3 Å². The van der Waals surface area contributed by atoms with Gasteiger partial charge in [0.05, 0.1) is 24.6 Å². The predicted molar refractivity (Wildman–Crippen MR) is 80.9 cm³/mol. The molecule has 0 saturated carbocycles. The van der Waals surface area contributed by atoms with E-state index >= 15 is 0 Å². The Morgan fingerprint density at radius 1 is 1.50 bits per heavy atom. The Kier molecular flexibility index (Phi) is 6.77. The van der Waals surface area contributed by atoms with Crippen molar-refractivity contribution >= 4 is 34.4 Å². The Bertz CT molecular complexity index is 546. The number of carbonyl (C=O) groups is 3. The average Bonchev–Trinajstić information content (AvgIpc) is 2.85. The van der Waals surface area contributed by atoms with Crippen LogP contribution in [0.3, 0.4) is 0 Å². The number of aromatic nitrogens is 1. The zero-order valence-electron chi connectivity index (χ0n) is 12.7. The van der Waals surface area contributed by atoms with Crippen LogP contribution in [0.5, 0.6) is 0 Å². The zero-order chi connectivity index (χ0) is 16.7. The molecule has 0 radical (unpaired) electrons. The molecular formula is C13H19N3O5S. The fraction of sp³-hybridized carbons (Fsp3) is 0.538. The van der Waals surface area contributed by atoms with Gasteiger partial charge in [0.15, 0.2) is 5.13 Å². The number of carboxylic acids is 1. The van der Waals surface area contributed by atoms with Crippen LogP contribution in [0, 0.1) is 5.92 Å². The number of nitrogens with zero attached hydrogens (tertiary/aromatic N) is 2. The van der Waals surface area contributed by atoms with Crippen molar-refractivity contribution in [2.24, 2.45) is 5.92 Å². The lowest BCUT2D eigenvalue weighted by Gasteiger charge is -2.19. The molecule has 122 valence electrons. The molecule has 0 spiro atoms. The molecule has 0 saturated heterocycles. The molecule has 2 amide bonds. The molecule has 1 rings (SSSR count). The van der Waals surface area contributed by atoms with Crippen molar-refractivity contribution in [2.75, 3.05) is 25.5 Å². The summed E-state index contributed by atoms with van der Waals surface area (Å²) in [5, 5.41) is 13.4. The summed E-state index contributed by atoms with van der Waals surface area (Å²) in [5.74, 6) is -2.00. The molecular weight excluding hydrogens is 310 g/mol. The smallest absolute Gasteiger partial charge is 0.323 e. The molecule has 0 fully saturated rings. The number of esters is 1. The zero-order valence-corrected chi connectivity index (χ0v) is 13.5. The van der Waals surface area contributed by atoms with Crippen molar-refractivity contribution in [3.63, 3.8) is 0 Å². The number of urea groups is 1. The van der Waals surface area contributed by atoms with Gasteiger partial charge in [-0.2, -0.15) is 0 Å². The standard InChI is InChI=1S/C13H19N3O5S/c1-4-21-10(17)5-9-7-22-12(14-9)15-13(20)16(3)6-8(2)11(18)19/h7-8H,4-6H2,1-3H3,(H,18,19)(H,14,15,20). The maximum Gasteiger partial charge on any atom is 0.323 e. The molecule has 22 heavy (non-hydrogen) atoms. The van der Waals surface area contributed by atoms with E-state index in [1.165, 1.54) is 30.2 Å². The van der Waals surface area contributed by atoms with Crippen molar-refractivity contribution < 1.29 is 24.2 Å². The maximum atomic E-state index is 11.9. The first kappa shape index (κ1) is 17.9. The number of nitrogens with one attached hydrogen (secondary N) is 1. The molecule has 0 aliphatic carbocycles. The summed E-state index contributed by atoms with van der Waals surface area (Å²) in [4.78, 5) is 39.4. The summed E-state index contributed by atoms with van der Waals surface area (Å²) in [6.07, 6.45) is 0.0477. The summed E-state index contributed by atoms with van der Waals surface area (Å²) in [6, 6.07) is -0.454. The highest BCUT2D eigenvalue weighted by molar-refractivity contribution is 7.13. The molecule has 2 N–H and O–H groups in total. The number of carboxylic acid groups (broad SMARTS) is 1. The first-order valence-corrected chi connectivity index (χ1v) is 7.56. The lowest BCUT2D eigenvalue weighted by molar-refractivity contribution is -0.142. The number of aliphatic carboxylic acids is 1. The third-order valence-corrected chi connectivity index (χ3v) is 3.52. The first-order valence-electron chi connectivity index (χ1n) is 6.68. The molecule has 0 bridgehead atoms. The van der Waals surface area contributed by atoms with Gasteiger partial charge in [-0.25, -0.2) is 9.78 Å². The molecule has 1 aromatic heterocycles. The van der Waals surface area contributed by atoms with E-state index in [0.29, 0.717) is 17.4 Å². The highest BCUT2D eigenvalue weighted by Crippen LogP contribution is 2.16. The molecule has 0 aromatic carbocycles. The molecule has 8 nitrogen and oxygen atoms in total. The number of amides is 2. The molecule has 9 heteroatoms. The Morgan fingerprint density at radius 2 is 2.18 bits per heavy atom. The number of thiazole rings is 1. The largest absolute Gasteiger partial charge is 0.481 e. The fourth-order valence-corrected chi connectivity index (χ4v) is 2.26. The van der Waals surface area contributed by atoms with Gasteiger partial charge < -0.3 is 14.7 Å². The number of carbonyl (C=O) groups excluding carboxylic acids is 2. The van der Waals surface area contributed by atoms with Crippen LogP contribution >= 0.6 is 11.3 Å². The van der Waals surface area contributed by atoms with Gasteiger partial charge in [0.25, 0.3) is 0 Å². The average molecular weight is 329 g/mol. The van der Waals surface area contributed by atoms with E-state index in [-0.39, 0.29) is 18.9 Å². The number of hydrogen-bond donors (Lipinski definition) is 2. The van der Waals surface area contributed by atoms with E-state index in [9.17, 15) is 14.4 Å². The molecule has 1 aromatic rings. The maximum absolute atomic E-state index is 11.9. The SMILES string of the molecule is CCOC(=O)Cc1csc(NC(=O)N(C)CC(C)C(=O)O)n1. The molecule has 1 heterocycles. The summed E-state index contributed by atoms with van der Waals surface area (Å²) in [5.41, 5.74) is 0.514. The van der Waals surface area contributed by atoms with E-state index in [0.717, 1.165) is 0 Å². The Morgan fingerprint density at radius 3 is 2.77 bits per heavy atom. The van der Waals surface area contributed by atoms with Gasteiger partial charge in [-0.05, 0) is 6.92 Å². The molecule has 0 aliphatic rings. The lowest BCUT2D eigenvalue weighted by atomic mass is 10.2. The minimum Gasteiger partial charge on any atom is -0.481 e. The molecule has 1 atom stereocenters. The number of hydrogen-bond acceptors (Lipinski definition) is 6. The number of rotatable bonds is 7. The van der Waals surface area contributed by atoms with Crippen LogP contribution < -0.4 is 5.32 Å². The van der Waals surface area contributed by atoms with Crippen LogP contribution in [0.2, 0.25) is 0 Å². The van der Waals surface area contributed by atoms with Crippen LogP contribution in [0.15, 0.2) is 5.38 Å². The number of ether oxygens (including phenoxy) is 1. The molecule has 0 aliphatic heterocycles. The Labute approximate surface area is 132 Å². The minimum absolute atomic E-state index is 0.0477. The van der Waals surface area contributed by atoms with E-state index in [4.69, 9.17) is 9.84 Å². The second-order valence-corrected chi connectivity index (χ2v) is 5.53. The van der Waals surface area contributed by atoms with Crippen molar-refractivity contribution in [1.82, 2.24) is 9.88 Å². The lowest BCUT2D eigenvalue weighted by Crippen LogP contribution is -2.36. The number of anilines is 1. The van der Waals surface area contributed by atoms with Gasteiger partial charge in [-0.1, -0.05) is 6.92 Å². The predicted octanol–water partition coefficient (Wildman–Crippen LogP) is 1.43. The minimum atomic E-state index is -0.967. The first-order chi connectivity index (χ1) is 10.3. The normalized spacial score (nSPS) is 11.6.